The van der Waals surface area contributed by atoms with Gasteiger partial charge in [0.25, 0.3) is 0 Å². The van der Waals surface area contributed by atoms with Crippen LogP contribution in [0.4, 0.5) is 0 Å². The first-order valence-electron chi connectivity index (χ1n) is 6.98. The Balaban J connectivity index is 0.000000154. The molecule has 5 aliphatic carbocycles. The van der Waals surface area contributed by atoms with Crippen molar-refractivity contribution in [2.24, 2.45) is 17.3 Å². The van der Waals surface area contributed by atoms with E-state index in [1.54, 1.807) is 11.8 Å². The van der Waals surface area contributed by atoms with E-state index in [9.17, 15) is 0 Å². The van der Waals surface area contributed by atoms with Gasteiger partial charge in [-0.3, -0.25) is 0 Å². The second-order valence-electron chi connectivity index (χ2n) is 6.05. The Kier molecular flexibility index (Phi) is 7.26. The van der Waals surface area contributed by atoms with Crippen LogP contribution in [0.1, 0.15) is 26.7 Å². The van der Waals surface area contributed by atoms with E-state index in [2.05, 4.69) is 33.1 Å². The fourth-order valence-electron chi connectivity index (χ4n) is 3.47. The van der Waals surface area contributed by atoms with Crippen LogP contribution < -0.4 is 0 Å². The molecule has 0 aromatic rings. The maximum atomic E-state index is 4.89. The van der Waals surface area contributed by atoms with Crippen LogP contribution in [0.3, 0.4) is 0 Å². The predicted molar refractivity (Wildman–Crippen MR) is 82.6 cm³/mol. The molecule has 106 valence electrons. The van der Waals surface area contributed by atoms with Crippen molar-refractivity contribution in [2.45, 2.75) is 26.7 Å². The summed E-state index contributed by atoms with van der Waals surface area (Å²) in [5.41, 5.74) is 0.599. The molecule has 10 radical (unpaired) electrons. The zero-order valence-corrected chi connectivity index (χ0v) is 15.0. The standard InChI is InChI=1S/C12H15.C5H5.2ClH.Ti/c1-12(2)9-6-8-4-3-5-10(8)11(12)7-9;1-2-4-5-3-1;;;/h3-5,9,11H,6-7H2,1-2H3;1-5H;2*1H;/q;;;;+2/p-2/t9-,11-;;;;/m1..../s1. The molecule has 2 atom stereocenters. The van der Waals surface area contributed by atoms with E-state index < -0.39 is 17.0 Å². The summed E-state index contributed by atoms with van der Waals surface area (Å²) in [5.74, 6) is 5.14. The molecule has 5 fully saturated rings. The Morgan fingerprint density at radius 3 is 2.05 bits per heavy atom. The van der Waals surface area contributed by atoms with E-state index in [-0.39, 0.29) is 0 Å². The van der Waals surface area contributed by atoms with Gasteiger partial charge in [-0.15, -0.1) is 0 Å². The van der Waals surface area contributed by atoms with Crippen LogP contribution in [0.5, 0.6) is 0 Å². The van der Waals surface area contributed by atoms with E-state index in [1.807, 2.05) is 32.1 Å². The van der Waals surface area contributed by atoms with Crippen molar-refractivity contribution < 1.29 is 17.0 Å². The minimum atomic E-state index is -0.556. The molecule has 3 heteroatoms. The summed E-state index contributed by atoms with van der Waals surface area (Å²) in [4.78, 5) is 0. The van der Waals surface area contributed by atoms with Gasteiger partial charge < -0.3 is 0 Å². The predicted octanol–water partition coefficient (Wildman–Crippen LogP) is 5.23. The Morgan fingerprint density at radius 1 is 1.00 bits per heavy atom. The van der Waals surface area contributed by atoms with Crippen LogP contribution in [0.25, 0.3) is 0 Å². The van der Waals surface area contributed by atoms with Gasteiger partial charge in [-0.2, -0.15) is 0 Å². The summed E-state index contributed by atoms with van der Waals surface area (Å²) in [6.07, 6.45) is 19.7. The molecule has 5 saturated carbocycles. The first kappa shape index (κ1) is 17.6. The fourth-order valence-corrected chi connectivity index (χ4v) is 3.47. The molecule has 0 spiro atoms. The van der Waals surface area contributed by atoms with Gasteiger partial charge in [0.1, 0.15) is 0 Å². The Labute approximate surface area is 142 Å². The first-order valence-corrected chi connectivity index (χ1v) is 11.3. The summed E-state index contributed by atoms with van der Waals surface area (Å²) in [6.45, 7) is 4.86. The molecule has 2 bridgehead atoms. The van der Waals surface area contributed by atoms with Crippen molar-refractivity contribution in [3.63, 3.8) is 0 Å². The van der Waals surface area contributed by atoms with Gasteiger partial charge in [-0.25, -0.2) is 0 Å². The molecule has 0 amide bonds. The van der Waals surface area contributed by atoms with Crippen LogP contribution >= 0.6 is 18.6 Å². The Bertz CT molecular complexity index is 281. The summed E-state index contributed by atoms with van der Waals surface area (Å²) in [6, 6.07) is 0. The van der Waals surface area contributed by atoms with Crippen LogP contribution in [0.2, 0.25) is 0 Å². The quantitative estimate of drug-likeness (QED) is 0.529. The van der Waals surface area contributed by atoms with Gasteiger partial charge in [0, 0.05) is 0 Å². The number of hydrogen-bond donors (Lipinski definition) is 0. The van der Waals surface area contributed by atoms with Crippen molar-refractivity contribution in [3.05, 3.63) is 63.2 Å². The molecule has 0 heterocycles. The van der Waals surface area contributed by atoms with Crippen molar-refractivity contribution in [1.82, 2.24) is 0 Å². The van der Waals surface area contributed by atoms with E-state index in [0.717, 1.165) is 11.8 Å². The van der Waals surface area contributed by atoms with Crippen molar-refractivity contribution >= 4 is 18.6 Å². The second-order valence-corrected chi connectivity index (χ2v) is 8.63. The molecule has 0 nitrogen and oxygen atoms in total. The topological polar surface area (TPSA) is 0 Å². The molecule has 0 aromatic heterocycles. The van der Waals surface area contributed by atoms with Crippen LogP contribution in [0, 0.1) is 80.5 Å². The molecule has 0 saturated heterocycles. The second kappa shape index (κ2) is 8.23. The molecular formula is C17H20Cl2Ti. The van der Waals surface area contributed by atoms with Crippen LogP contribution in [-0.2, 0) is 17.0 Å². The van der Waals surface area contributed by atoms with Gasteiger partial charge in [0.05, 0.1) is 0 Å². The number of hydrogen-bond acceptors (Lipinski definition) is 0. The minimum absolute atomic E-state index is 0.556. The molecule has 0 unspecified atom stereocenters. The first-order chi connectivity index (χ1) is 9.61. The van der Waals surface area contributed by atoms with Gasteiger partial charge in [-0.1, -0.05) is 13.8 Å². The molecule has 0 aliphatic heterocycles. The van der Waals surface area contributed by atoms with E-state index in [0.29, 0.717) is 5.41 Å². The zero-order valence-electron chi connectivity index (χ0n) is 11.9. The third-order valence-electron chi connectivity index (χ3n) is 4.81. The Hall–Kier alpha value is 1.29. The van der Waals surface area contributed by atoms with Crippen LogP contribution in [-0.4, -0.2) is 0 Å². The average molecular weight is 343 g/mol. The van der Waals surface area contributed by atoms with E-state index in [4.69, 9.17) is 18.6 Å². The normalized spacial score (nSPS) is 34.0. The fraction of sp³-hybridized carbons (Fsp3) is 0.412. The molecule has 5 rings (SSSR count). The summed E-state index contributed by atoms with van der Waals surface area (Å²) in [5, 5.41) is 0. The van der Waals surface area contributed by atoms with Crippen molar-refractivity contribution in [2.75, 3.05) is 0 Å². The molecule has 0 aromatic carbocycles. The van der Waals surface area contributed by atoms with Gasteiger partial charge in [-0.05, 0) is 93.3 Å². The third-order valence-corrected chi connectivity index (χ3v) is 4.81. The monoisotopic (exact) mass is 342 g/mol. The zero-order chi connectivity index (χ0) is 14.6. The van der Waals surface area contributed by atoms with Gasteiger partial charge >= 0.3 is 35.6 Å². The van der Waals surface area contributed by atoms with Crippen molar-refractivity contribution in [1.29, 1.82) is 0 Å². The molecule has 0 N–H and O–H groups in total. The van der Waals surface area contributed by atoms with E-state index >= 15 is 0 Å². The summed E-state index contributed by atoms with van der Waals surface area (Å²) >= 11 is -0.556. The SMILES string of the molecule is CC1(C)[C@@H]2C[C]3[CH][CH][CH][C]3[C@H]1C2.[CH]1[CH][CH][CH][CH]1.[Cl][Ti][Cl]. The molecular weight excluding hydrogens is 323 g/mol. The van der Waals surface area contributed by atoms with Gasteiger partial charge in [0.15, 0.2) is 0 Å². The molecule has 5 aliphatic rings. The van der Waals surface area contributed by atoms with Crippen molar-refractivity contribution in [3.8, 4) is 0 Å². The third kappa shape index (κ3) is 3.98. The summed E-state index contributed by atoms with van der Waals surface area (Å²) in [7, 11) is 9.78. The number of rotatable bonds is 0. The Morgan fingerprint density at radius 2 is 1.55 bits per heavy atom. The number of halogens is 2. The van der Waals surface area contributed by atoms with Crippen LogP contribution in [0.15, 0.2) is 0 Å². The molecule has 20 heavy (non-hydrogen) atoms. The maximum absolute atomic E-state index is 4.89. The van der Waals surface area contributed by atoms with E-state index in [1.165, 1.54) is 12.8 Å². The average Bonchev–Trinajstić information content (AvgIpc) is 3.13. The summed E-state index contributed by atoms with van der Waals surface area (Å²) < 4.78 is 0. The van der Waals surface area contributed by atoms with Gasteiger partial charge in [0.2, 0.25) is 0 Å².